The van der Waals surface area contributed by atoms with Crippen LogP contribution < -0.4 is 5.73 Å². The predicted octanol–water partition coefficient (Wildman–Crippen LogP) is 0.0619. The Labute approximate surface area is 118 Å². The van der Waals surface area contributed by atoms with E-state index < -0.39 is 15.1 Å². The zero-order valence-electron chi connectivity index (χ0n) is 11.7. The molecule has 2 N–H and O–H groups in total. The summed E-state index contributed by atoms with van der Waals surface area (Å²) in [6.45, 7) is 2.53. The van der Waals surface area contributed by atoms with Crippen LogP contribution in [-0.4, -0.2) is 53.6 Å². The molecule has 1 aliphatic rings. The zero-order valence-corrected chi connectivity index (χ0v) is 12.5. The molecule has 0 saturated carbocycles. The van der Waals surface area contributed by atoms with E-state index in [9.17, 15) is 13.2 Å². The Morgan fingerprint density at radius 3 is 2.50 bits per heavy atom. The molecular weight excluding hydrogens is 280 g/mol. The standard InChI is InChI=1S/C12H20N4O3S/c1-9(20(2,18)19)12(17)15-6-3-10(4-7-15)16-8-5-11(13)14-16/h5,8-10H,3-4,6-7H2,1-2H3,(H2,13,14). The van der Waals surface area contributed by atoms with Crippen molar-refractivity contribution in [3.63, 3.8) is 0 Å². The van der Waals surface area contributed by atoms with Gasteiger partial charge in [0.25, 0.3) is 0 Å². The molecule has 0 aromatic carbocycles. The number of amides is 1. The summed E-state index contributed by atoms with van der Waals surface area (Å²) >= 11 is 0. The highest BCUT2D eigenvalue weighted by Crippen LogP contribution is 2.23. The molecule has 1 aliphatic heterocycles. The van der Waals surface area contributed by atoms with Crippen LogP contribution in [0.4, 0.5) is 5.82 Å². The number of likely N-dealkylation sites (tertiary alicyclic amines) is 1. The van der Waals surface area contributed by atoms with Crippen LogP contribution >= 0.6 is 0 Å². The molecule has 1 saturated heterocycles. The van der Waals surface area contributed by atoms with E-state index in [4.69, 9.17) is 5.73 Å². The highest BCUT2D eigenvalue weighted by Gasteiger charge is 2.31. The van der Waals surface area contributed by atoms with Crippen molar-refractivity contribution in [1.29, 1.82) is 0 Å². The zero-order chi connectivity index (χ0) is 14.9. The molecule has 0 spiro atoms. The third-order valence-electron chi connectivity index (χ3n) is 3.77. The molecular formula is C12H20N4O3S. The van der Waals surface area contributed by atoms with Crippen molar-refractivity contribution >= 4 is 21.6 Å². The van der Waals surface area contributed by atoms with Crippen LogP contribution in [0.3, 0.4) is 0 Å². The van der Waals surface area contributed by atoms with Gasteiger partial charge in [-0.3, -0.25) is 9.48 Å². The first-order chi connectivity index (χ1) is 9.29. The van der Waals surface area contributed by atoms with Crippen molar-refractivity contribution in [2.75, 3.05) is 25.1 Å². The largest absolute Gasteiger partial charge is 0.382 e. The lowest BCUT2D eigenvalue weighted by molar-refractivity contribution is -0.131. The summed E-state index contributed by atoms with van der Waals surface area (Å²) in [4.78, 5) is 13.7. The van der Waals surface area contributed by atoms with E-state index in [0.29, 0.717) is 18.9 Å². The molecule has 8 heteroatoms. The van der Waals surface area contributed by atoms with E-state index in [-0.39, 0.29) is 11.9 Å². The summed E-state index contributed by atoms with van der Waals surface area (Å²) in [5.41, 5.74) is 5.59. The van der Waals surface area contributed by atoms with Crippen molar-refractivity contribution in [1.82, 2.24) is 14.7 Å². The second-order valence-corrected chi connectivity index (χ2v) is 7.61. The molecule has 0 bridgehead atoms. The lowest BCUT2D eigenvalue weighted by Crippen LogP contribution is -2.45. The van der Waals surface area contributed by atoms with Gasteiger partial charge in [0.2, 0.25) is 5.91 Å². The Morgan fingerprint density at radius 1 is 1.45 bits per heavy atom. The van der Waals surface area contributed by atoms with Gasteiger partial charge in [-0.1, -0.05) is 0 Å². The Bertz CT molecular complexity index is 588. The molecule has 1 atom stereocenters. The van der Waals surface area contributed by atoms with Crippen LogP contribution in [0.5, 0.6) is 0 Å². The van der Waals surface area contributed by atoms with Crippen LogP contribution in [-0.2, 0) is 14.6 Å². The highest BCUT2D eigenvalue weighted by molar-refractivity contribution is 7.92. The molecule has 1 amide bonds. The number of piperidine rings is 1. The van der Waals surface area contributed by atoms with Gasteiger partial charge < -0.3 is 10.6 Å². The van der Waals surface area contributed by atoms with E-state index in [1.165, 1.54) is 6.92 Å². The number of nitrogen functional groups attached to an aromatic ring is 1. The number of carbonyl (C=O) groups is 1. The molecule has 112 valence electrons. The second kappa shape index (κ2) is 5.43. The van der Waals surface area contributed by atoms with Crippen LogP contribution in [0, 0.1) is 0 Å². The van der Waals surface area contributed by atoms with Crippen LogP contribution in [0.15, 0.2) is 12.3 Å². The van der Waals surface area contributed by atoms with E-state index in [1.807, 2.05) is 10.9 Å². The van der Waals surface area contributed by atoms with Crippen molar-refractivity contribution in [3.8, 4) is 0 Å². The van der Waals surface area contributed by atoms with Gasteiger partial charge in [-0.15, -0.1) is 0 Å². The van der Waals surface area contributed by atoms with Gasteiger partial charge in [0, 0.05) is 25.5 Å². The summed E-state index contributed by atoms with van der Waals surface area (Å²) in [6, 6.07) is 1.95. The first kappa shape index (κ1) is 14.8. The van der Waals surface area contributed by atoms with Crippen molar-refractivity contribution < 1.29 is 13.2 Å². The quantitative estimate of drug-likeness (QED) is 0.851. The molecule has 20 heavy (non-hydrogen) atoms. The van der Waals surface area contributed by atoms with Gasteiger partial charge >= 0.3 is 0 Å². The van der Waals surface area contributed by atoms with Gasteiger partial charge in [0.1, 0.15) is 11.1 Å². The lowest BCUT2D eigenvalue weighted by Gasteiger charge is -2.33. The fraction of sp³-hybridized carbons (Fsp3) is 0.667. The molecule has 1 fully saturated rings. The van der Waals surface area contributed by atoms with Crippen molar-refractivity contribution in [2.24, 2.45) is 0 Å². The van der Waals surface area contributed by atoms with E-state index in [1.54, 1.807) is 11.0 Å². The Hall–Kier alpha value is -1.57. The fourth-order valence-electron chi connectivity index (χ4n) is 2.35. The van der Waals surface area contributed by atoms with E-state index in [2.05, 4.69) is 5.10 Å². The minimum absolute atomic E-state index is 0.213. The number of aromatic nitrogens is 2. The molecule has 1 aromatic heterocycles. The molecule has 2 heterocycles. The summed E-state index contributed by atoms with van der Waals surface area (Å²) in [5.74, 6) is 0.167. The number of hydrogen-bond donors (Lipinski definition) is 1. The van der Waals surface area contributed by atoms with Gasteiger partial charge in [-0.05, 0) is 25.8 Å². The smallest absolute Gasteiger partial charge is 0.240 e. The SMILES string of the molecule is CC(C(=O)N1CCC(n2ccc(N)n2)CC1)S(C)(=O)=O. The minimum Gasteiger partial charge on any atom is -0.382 e. The summed E-state index contributed by atoms with van der Waals surface area (Å²) in [6.07, 6.45) is 4.43. The fourth-order valence-corrected chi connectivity index (χ4v) is 2.86. The van der Waals surface area contributed by atoms with E-state index in [0.717, 1.165) is 19.1 Å². The highest BCUT2D eigenvalue weighted by atomic mass is 32.2. The van der Waals surface area contributed by atoms with Gasteiger partial charge in [0.05, 0.1) is 6.04 Å². The maximum atomic E-state index is 12.1. The molecule has 0 aliphatic carbocycles. The third-order valence-corrected chi connectivity index (χ3v) is 5.26. The van der Waals surface area contributed by atoms with Gasteiger partial charge in [-0.2, -0.15) is 5.10 Å². The average molecular weight is 300 g/mol. The summed E-state index contributed by atoms with van der Waals surface area (Å²) in [7, 11) is -3.34. The second-order valence-electron chi connectivity index (χ2n) is 5.25. The van der Waals surface area contributed by atoms with E-state index >= 15 is 0 Å². The van der Waals surface area contributed by atoms with Crippen LogP contribution in [0.2, 0.25) is 0 Å². The number of nitrogens with zero attached hydrogens (tertiary/aromatic N) is 3. The maximum absolute atomic E-state index is 12.1. The molecule has 1 unspecified atom stereocenters. The number of nitrogens with two attached hydrogens (primary N) is 1. The minimum atomic E-state index is -3.34. The van der Waals surface area contributed by atoms with Crippen LogP contribution in [0.25, 0.3) is 0 Å². The number of carbonyl (C=O) groups excluding carboxylic acids is 1. The van der Waals surface area contributed by atoms with Gasteiger partial charge in [0.15, 0.2) is 9.84 Å². The average Bonchev–Trinajstić information content (AvgIpc) is 2.83. The number of hydrogen-bond acceptors (Lipinski definition) is 5. The first-order valence-electron chi connectivity index (χ1n) is 6.57. The lowest BCUT2D eigenvalue weighted by atomic mass is 10.1. The number of sulfone groups is 1. The van der Waals surface area contributed by atoms with Crippen molar-refractivity contribution in [2.45, 2.75) is 31.1 Å². The third kappa shape index (κ3) is 3.12. The Balaban J connectivity index is 1.96. The van der Waals surface area contributed by atoms with Crippen molar-refractivity contribution in [3.05, 3.63) is 12.3 Å². The summed E-state index contributed by atoms with van der Waals surface area (Å²) in [5, 5.41) is 3.20. The Morgan fingerprint density at radius 2 is 2.05 bits per heavy atom. The van der Waals surface area contributed by atoms with Gasteiger partial charge in [-0.25, -0.2) is 8.42 Å². The molecule has 1 aromatic rings. The Kier molecular flexibility index (Phi) is 4.03. The first-order valence-corrected chi connectivity index (χ1v) is 8.53. The predicted molar refractivity (Wildman–Crippen MR) is 75.8 cm³/mol. The monoisotopic (exact) mass is 300 g/mol. The molecule has 2 rings (SSSR count). The topological polar surface area (TPSA) is 98.3 Å². The maximum Gasteiger partial charge on any atom is 0.240 e. The number of rotatable bonds is 3. The molecule has 7 nitrogen and oxygen atoms in total. The number of anilines is 1. The summed E-state index contributed by atoms with van der Waals surface area (Å²) < 4.78 is 24.7. The van der Waals surface area contributed by atoms with Crippen LogP contribution in [0.1, 0.15) is 25.8 Å². The molecule has 0 radical (unpaired) electrons. The normalized spacial score (nSPS) is 19.0.